The molecule has 0 aliphatic carbocycles. The Morgan fingerprint density at radius 3 is 1.02 bits per heavy atom. The van der Waals surface area contributed by atoms with Gasteiger partial charge in [0.25, 0.3) is 0 Å². The molecule has 0 unspecified atom stereocenters. The van der Waals surface area contributed by atoms with Gasteiger partial charge in [0.05, 0.1) is 133 Å². The van der Waals surface area contributed by atoms with E-state index in [0.717, 1.165) is 12.8 Å². The van der Waals surface area contributed by atoms with Gasteiger partial charge in [0.15, 0.2) is 0 Å². The van der Waals surface area contributed by atoms with Crippen LogP contribution in [0.2, 0.25) is 0 Å². The lowest BCUT2D eigenvalue weighted by Gasteiger charge is -2.09. The molecule has 0 atom stereocenters. The van der Waals surface area contributed by atoms with E-state index in [1.165, 1.54) is 32.8 Å². The van der Waals surface area contributed by atoms with Crippen LogP contribution in [-0.2, 0) is 66.4 Å². The van der Waals surface area contributed by atoms with Crippen molar-refractivity contribution in [3.8, 4) is 0 Å². The minimum absolute atomic E-state index is 0.0724. The van der Waals surface area contributed by atoms with Gasteiger partial charge in [-0.1, -0.05) is 39.0 Å². The van der Waals surface area contributed by atoms with Crippen LogP contribution in [0.1, 0.15) is 51.9 Å². The molecule has 0 radical (unpaired) electrons. The van der Waals surface area contributed by atoms with E-state index >= 15 is 0 Å². The van der Waals surface area contributed by atoms with Gasteiger partial charge in [-0.25, -0.2) is 4.79 Å². The molecule has 14 nitrogen and oxygen atoms in total. The number of hydrogen-bond donors (Lipinski definition) is 0. The topological polar surface area (TPSA) is 145 Å². The summed E-state index contributed by atoms with van der Waals surface area (Å²) in [5.41, 5.74) is 0. The molecule has 0 aliphatic heterocycles. The van der Waals surface area contributed by atoms with Gasteiger partial charge in [0.2, 0.25) is 0 Å². The average molecular weight is 671 g/mol. The first-order chi connectivity index (χ1) is 22.7. The van der Waals surface area contributed by atoms with Crippen LogP contribution in [-0.4, -0.2) is 158 Å². The van der Waals surface area contributed by atoms with Crippen LogP contribution >= 0.6 is 0 Å². The van der Waals surface area contributed by atoms with E-state index in [1.807, 2.05) is 0 Å². The number of ether oxygens (including phenoxy) is 12. The SMILES string of the molecule is CCCCCCCCC(=O)OCCOCCOCCOCCOCCOCCOCCOCCOCCOCCOCC(=O)OC. The summed E-state index contributed by atoms with van der Waals surface area (Å²) in [6, 6.07) is 0. The van der Waals surface area contributed by atoms with E-state index in [0.29, 0.717) is 132 Å². The second-order valence-electron chi connectivity index (χ2n) is 9.88. The maximum absolute atomic E-state index is 11.7. The Morgan fingerprint density at radius 2 is 0.674 bits per heavy atom. The highest BCUT2D eigenvalue weighted by atomic mass is 16.6. The average Bonchev–Trinajstić information content (AvgIpc) is 3.06. The van der Waals surface area contributed by atoms with Crippen molar-refractivity contribution in [1.82, 2.24) is 0 Å². The van der Waals surface area contributed by atoms with Crippen molar-refractivity contribution in [2.75, 3.05) is 146 Å². The molecule has 0 N–H and O–H groups in total. The smallest absolute Gasteiger partial charge is 0.331 e. The summed E-state index contributed by atoms with van der Waals surface area (Å²) in [6.07, 6.45) is 7.40. The summed E-state index contributed by atoms with van der Waals surface area (Å²) in [5.74, 6) is -0.557. The van der Waals surface area contributed by atoms with E-state index < -0.39 is 5.97 Å². The minimum Gasteiger partial charge on any atom is -0.467 e. The van der Waals surface area contributed by atoms with Gasteiger partial charge < -0.3 is 56.8 Å². The zero-order valence-electron chi connectivity index (χ0n) is 28.5. The van der Waals surface area contributed by atoms with Gasteiger partial charge >= 0.3 is 11.9 Å². The van der Waals surface area contributed by atoms with Gasteiger partial charge in [-0.15, -0.1) is 0 Å². The molecule has 274 valence electrons. The molecule has 46 heavy (non-hydrogen) atoms. The van der Waals surface area contributed by atoms with Crippen LogP contribution in [0.15, 0.2) is 0 Å². The minimum atomic E-state index is -0.409. The van der Waals surface area contributed by atoms with Crippen LogP contribution in [0.25, 0.3) is 0 Å². The molecule has 0 aromatic carbocycles. The molecule has 0 heterocycles. The van der Waals surface area contributed by atoms with Crippen molar-refractivity contribution < 1.29 is 66.4 Å². The van der Waals surface area contributed by atoms with Crippen molar-refractivity contribution in [1.29, 1.82) is 0 Å². The molecule has 14 heteroatoms. The molecule has 0 amide bonds. The molecule has 0 spiro atoms. The number of hydrogen-bond acceptors (Lipinski definition) is 14. The van der Waals surface area contributed by atoms with Gasteiger partial charge in [-0.05, 0) is 6.42 Å². The van der Waals surface area contributed by atoms with Crippen molar-refractivity contribution in [2.24, 2.45) is 0 Å². The maximum atomic E-state index is 11.7. The fourth-order valence-electron chi connectivity index (χ4n) is 3.53. The van der Waals surface area contributed by atoms with Crippen LogP contribution in [0.3, 0.4) is 0 Å². The van der Waals surface area contributed by atoms with E-state index in [9.17, 15) is 9.59 Å². The zero-order chi connectivity index (χ0) is 33.4. The fraction of sp³-hybridized carbons (Fsp3) is 0.938. The standard InChI is InChI=1S/C32H62O14/c1-3-4-5-6-7-8-9-31(33)46-29-28-44-25-24-42-21-20-40-17-16-38-13-12-36-10-11-37-14-15-39-18-19-41-22-23-43-26-27-45-30-32(34)35-2/h3-30H2,1-2H3. The molecule has 0 fully saturated rings. The van der Waals surface area contributed by atoms with E-state index in [-0.39, 0.29) is 19.2 Å². The number of rotatable bonds is 39. The molecule has 0 rings (SSSR count). The Morgan fingerprint density at radius 1 is 0.370 bits per heavy atom. The largest absolute Gasteiger partial charge is 0.467 e. The summed E-state index contributed by atoms with van der Waals surface area (Å²) in [6.45, 7) is 11.1. The van der Waals surface area contributed by atoms with E-state index in [4.69, 9.17) is 52.1 Å². The van der Waals surface area contributed by atoms with Crippen molar-refractivity contribution in [3.05, 3.63) is 0 Å². The number of unbranched alkanes of at least 4 members (excludes halogenated alkanes) is 5. The predicted molar refractivity (Wildman–Crippen MR) is 169 cm³/mol. The van der Waals surface area contributed by atoms with Crippen molar-refractivity contribution in [3.63, 3.8) is 0 Å². The maximum Gasteiger partial charge on any atom is 0.331 e. The Hall–Kier alpha value is -1.46. The second kappa shape index (κ2) is 39.7. The molecular formula is C32H62O14. The highest BCUT2D eigenvalue weighted by molar-refractivity contribution is 5.70. The Bertz CT molecular complexity index is 626. The molecule has 0 aromatic rings. The predicted octanol–water partition coefficient (Wildman–Crippen LogP) is 2.62. The van der Waals surface area contributed by atoms with E-state index in [1.54, 1.807) is 0 Å². The summed E-state index contributed by atoms with van der Waals surface area (Å²) in [5, 5.41) is 0. The lowest BCUT2D eigenvalue weighted by molar-refractivity contribution is -0.146. The monoisotopic (exact) mass is 670 g/mol. The molecule has 0 aromatic heterocycles. The van der Waals surface area contributed by atoms with Gasteiger partial charge in [0, 0.05) is 6.42 Å². The third-order valence-corrected chi connectivity index (χ3v) is 6.02. The highest BCUT2D eigenvalue weighted by Gasteiger charge is 2.03. The molecule has 0 aliphatic rings. The summed E-state index contributed by atoms with van der Waals surface area (Å²) >= 11 is 0. The first-order valence-corrected chi connectivity index (χ1v) is 16.7. The first kappa shape index (κ1) is 44.5. The lowest BCUT2D eigenvalue weighted by Crippen LogP contribution is -2.16. The summed E-state index contributed by atoms with van der Waals surface area (Å²) in [4.78, 5) is 22.5. The fourth-order valence-corrected chi connectivity index (χ4v) is 3.53. The quantitative estimate of drug-likeness (QED) is 0.0698. The number of esters is 2. The Kier molecular flexibility index (Phi) is 38.5. The van der Waals surface area contributed by atoms with E-state index in [2.05, 4.69) is 11.7 Å². The first-order valence-electron chi connectivity index (χ1n) is 16.7. The molecule has 0 saturated carbocycles. The third kappa shape index (κ3) is 38.7. The van der Waals surface area contributed by atoms with Crippen LogP contribution in [0.5, 0.6) is 0 Å². The number of methoxy groups -OCH3 is 1. The molecule has 0 bridgehead atoms. The van der Waals surface area contributed by atoms with Gasteiger partial charge in [-0.2, -0.15) is 0 Å². The van der Waals surface area contributed by atoms with Crippen LogP contribution in [0, 0.1) is 0 Å². The van der Waals surface area contributed by atoms with Crippen LogP contribution < -0.4 is 0 Å². The molecule has 0 saturated heterocycles. The number of carbonyl (C=O) groups excluding carboxylic acids is 2. The Labute approximate surface area is 276 Å². The molecular weight excluding hydrogens is 608 g/mol. The normalized spacial score (nSPS) is 11.3. The summed E-state index contributed by atoms with van der Waals surface area (Å²) in [7, 11) is 1.31. The summed E-state index contributed by atoms with van der Waals surface area (Å²) < 4.78 is 63.5. The lowest BCUT2D eigenvalue weighted by atomic mass is 10.1. The Balaban J connectivity index is 3.10. The van der Waals surface area contributed by atoms with Crippen molar-refractivity contribution in [2.45, 2.75) is 51.9 Å². The second-order valence-corrected chi connectivity index (χ2v) is 9.88. The van der Waals surface area contributed by atoms with Gasteiger partial charge in [0.1, 0.15) is 13.2 Å². The van der Waals surface area contributed by atoms with Gasteiger partial charge in [-0.3, -0.25) is 4.79 Å². The highest BCUT2D eigenvalue weighted by Crippen LogP contribution is 2.07. The zero-order valence-corrected chi connectivity index (χ0v) is 28.5. The van der Waals surface area contributed by atoms with Crippen molar-refractivity contribution >= 4 is 11.9 Å². The number of carbonyl (C=O) groups is 2. The van der Waals surface area contributed by atoms with Crippen LogP contribution in [0.4, 0.5) is 0 Å². The third-order valence-electron chi connectivity index (χ3n) is 6.02.